The molecule has 0 aliphatic carbocycles. The van der Waals surface area contributed by atoms with Gasteiger partial charge in [-0.25, -0.2) is 4.79 Å². The molecule has 0 aliphatic heterocycles. The number of benzene rings is 2. The predicted octanol–water partition coefficient (Wildman–Crippen LogP) is 6.01. The SMILES string of the molecule is CCOC(=O)c1c(-c2ccc(CC)cc2)csc1NC(=O)c1ccccc1I. The van der Waals surface area contributed by atoms with Crippen molar-refractivity contribution in [2.45, 2.75) is 20.3 Å². The van der Waals surface area contributed by atoms with E-state index in [2.05, 4.69) is 34.8 Å². The Labute approximate surface area is 182 Å². The monoisotopic (exact) mass is 505 g/mol. The van der Waals surface area contributed by atoms with Crippen molar-refractivity contribution in [3.05, 3.63) is 74.2 Å². The topological polar surface area (TPSA) is 55.4 Å². The van der Waals surface area contributed by atoms with E-state index in [0.29, 0.717) is 16.1 Å². The zero-order valence-electron chi connectivity index (χ0n) is 15.6. The first-order chi connectivity index (χ1) is 13.5. The van der Waals surface area contributed by atoms with Crippen LogP contribution < -0.4 is 5.32 Å². The number of hydrogen-bond donors (Lipinski definition) is 1. The molecule has 28 heavy (non-hydrogen) atoms. The molecule has 0 unspecified atom stereocenters. The molecular weight excluding hydrogens is 485 g/mol. The number of esters is 1. The summed E-state index contributed by atoms with van der Waals surface area (Å²) in [4.78, 5) is 25.4. The zero-order valence-corrected chi connectivity index (χ0v) is 18.6. The van der Waals surface area contributed by atoms with Crippen LogP contribution in [0.1, 0.15) is 40.1 Å². The number of aryl methyl sites for hydroxylation is 1. The summed E-state index contributed by atoms with van der Waals surface area (Å²) in [5.41, 5.74) is 3.88. The molecule has 144 valence electrons. The molecular formula is C22H20INO3S. The van der Waals surface area contributed by atoms with Gasteiger partial charge in [-0.05, 0) is 59.2 Å². The van der Waals surface area contributed by atoms with Gasteiger partial charge < -0.3 is 10.1 Å². The molecule has 6 heteroatoms. The smallest absolute Gasteiger partial charge is 0.341 e. The standard InChI is InChI=1S/C22H20INO3S/c1-3-14-9-11-15(12-10-14)17-13-28-21(19(17)22(26)27-4-2)24-20(25)16-7-5-6-8-18(16)23/h5-13H,3-4H2,1-2H3,(H,24,25). The highest BCUT2D eigenvalue weighted by molar-refractivity contribution is 14.1. The van der Waals surface area contributed by atoms with E-state index in [9.17, 15) is 9.59 Å². The van der Waals surface area contributed by atoms with Gasteiger partial charge in [0.1, 0.15) is 10.6 Å². The molecule has 0 fully saturated rings. The Kier molecular flexibility index (Phi) is 6.85. The van der Waals surface area contributed by atoms with Gasteiger partial charge in [0, 0.05) is 14.5 Å². The van der Waals surface area contributed by atoms with E-state index < -0.39 is 5.97 Å². The minimum absolute atomic E-state index is 0.245. The highest BCUT2D eigenvalue weighted by Gasteiger charge is 2.23. The lowest BCUT2D eigenvalue weighted by atomic mass is 10.0. The summed E-state index contributed by atoms with van der Waals surface area (Å²) < 4.78 is 6.11. The van der Waals surface area contributed by atoms with Gasteiger partial charge in [-0.3, -0.25) is 4.79 Å². The van der Waals surface area contributed by atoms with Crippen LogP contribution in [0.15, 0.2) is 53.9 Å². The number of ether oxygens (including phenoxy) is 1. The lowest BCUT2D eigenvalue weighted by molar-refractivity contribution is 0.0529. The highest BCUT2D eigenvalue weighted by atomic mass is 127. The Bertz CT molecular complexity index is 995. The van der Waals surface area contributed by atoms with Crippen molar-refractivity contribution in [3.63, 3.8) is 0 Å². The Balaban J connectivity index is 1.99. The van der Waals surface area contributed by atoms with Crippen molar-refractivity contribution in [2.75, 3.05) is 11.9 Å². The van der Waals surface area contributed by atoms with E-state index >= 15 is 0 Å². The van der Waals surface area contributed by atoms with E-state index in [1.165, 1.54) is 16.9 Å². The number of hydrogen-bond acceptors (Lipinski definition) is 4. The fourth-order valence-corrected chi connectivity index (χ4v) is 4.39. The van der Waals surface area contributed by atoms with Crippen LogP contribution in [0.2, 0.25) is 0 Å². The van der Waals surface area contributed by atoms with Gasteiger partial charge in [0.05, 0.1) is 12.2 Å². The first-order valence-corrected chi connectivity index (χ1v) is 10.9. The molecule has 0 radical (unpaired) electrons. The molecule has 1 N–H and O–H groups in total. The number of amides is 1. The van der Waals surface area contributed by atoms with Gasteiger partial charge in [0.25, 0.3) is 5.91 Å². The van der Waals surface area contributed by atoms with Crippen LogP contribution in [0.5, 0.6) is 0 Å². The Morgan fingerprint density at radius 3 is 2.43 bits per heavy atom. The molecule has 2 aromatic carbocycles. The molecule has 0 bridgehead atoms. The number of carbonyl (C=O) groups is 2. The second kappa shape index (κ2) is 9.34. The lowest BCUT2D eigenvalue weighted by Crippen LogP contribution is -2.15. The van der Waals surface area contributed by atoms with Gasteiger partial charge in [-0.1, -0.05) is 43.3 Å². The summed E-state index contributed by atoms with van der Waals surface area (Å²) in [6.45, 7) is 4.14. The molecule has 0 saturated carbocycles. The van der Waals surface area contributed by atoms with Crippen LogP contribution in [0.4, 0.5) is 5.00 Å². The summed E-state index contributed by atoms with van der Waals surface area (Å²) in [5.74, 6) is -0.679. The van der Waals surface area contributed by atoms with Crippen LogP contribution in [0, 0.1) is 3.57 Å². The van der Waals surface area contributed by atoms with Gasteiger partial charge >= 0.3 is 5.97 Å². The first-order valence-electron chi connectivity index (χ1n) is 8.99. The summed E-state index contributed by atoms with van der Waals surface area (Å²) in [6.07, 6.45) is 0.950. The van der Waals surface area contributed by atoms with Crippen molar-refractivity contribution >= 4 is 50.8 Å². The fourth-order valence-electron chi connectivity index (χ4n) is 2.80. The molecule has 0 spiro atoms. The Morgan fingerprint density at radius 1 is 1.07 bits per heavy atom. The van der Waals surface area contributed by atoms with Crippen LogP contribution in [0.25, 0.3) is 11.1 Å². The first kappa shape index (κ1) is 20.5. The van der Waals surface area contributed by atoms with Crippen LogP contribution in [-0.4, -0.2) is 18.5 Å². The summed E-state index contributed by atoms with van der Waals surface area (Å²) in [5, 5.41) is 5.28. The number of halogens is 1. The molecule has 4 nitrogen and oxygen atoms in total. The maximum absolute atomic E-state index is 12.7. The van der Waals surface area contributed by atoms with E-state index in [1.54, 1.807) is 13.0 Å². The van der Waals surface area contributed by atoms with E-state index in [-0.39, 0.29) is 12.5 Å². The molecule has 0 aliphatic rings. The van der Waals surface area contributed by atoms with Gasteiger partial charge in [-0.2, -0.15) is 0 Å². The highest BCUT2D eigenvalue weighted by Crippen LogP contribution is 2.36. The third-order valence-corrected chi connectivity index (χ3v) is 6.13. The van der Waals surface area contributed by atoms with Crippen LogP contribution in [0.3, 0.4) is 0 Å². The second-order valence-corrected chi connectivity index (χ2v) is 8.10. The largest absolute Gasteiger partial charge is 0.462 e. The molecule has 3 aromatic rings. The maximum Gasteiger partial charge on any atom is 0.341 e. The molecule has 1 heterocycles. The average molecular weight is 505 g/mol. The molecule has 1 aromatic heterocycles. The van der Waals surface area contributed by atoms with E-state index in [0.717, 1.165) is 21.1 Å². The third-order valence-electron chi connectivity index (χ3n) is 4.29. The molecule has 3 rings (SSSR count). The fraction of sp³-hybridized carbons (Fsp3) is 0.182. The third kappa shape index (κ3) is 4.44. The number of thiophene rings is 1. The van der Waals surface area contributed by atoms with E-state index in [4.69, 9.17) is 4.74 Å². The predicted molar refractivity (Wildman–Crippen MR) is 122 cm³/mol. The minimum atomic E-state index is -0.434. The molecule has 0 saturated heterocycles. The Hall–Kier alpha value is -2.19. The number of rotatable bonds is 6. The summed E-state index contributed by atoms with van der Waals surface area (Å²) >= 11 is 3.45. The van der Waals surface area contributed by atoms with Crippen molar-refractivity contribution < 1.29 is 14.3 Å². The van der Waals surface area contributed by atoms with Crippen molar-refractivity contribution in [2.24, 2.45) is 0 Å². The minimum Gasteiger partial charge on any atom is -0.462 e. The lowest BCUT2D eigenvalue weighted by Gasteiger charge is -2.10. The van der Waals surface area contributed by atoms with Gasteiger partial charge in [-0.15, -0.1) is 11.3 Å². The van der Waals surface area contributed by atoms with Gasteiger partial charge in [0.15, 0.2) is 0 Å². The molecule has 1 amide bonds. The quantitative estimate of drug-likeness (QED) is 0.330. The molecule has 0 atom stereocenters. The summed E-state index contributed by atoms with van der Waals surface area (Å²) in [7, 11) is 0. The normalized spacial score (nSPS) is 10.5. The van der Waals surface area contributed by atoms with E-state index in [1.807, 2.05) is 47.8 Å². The van der Waals surface area contributed by atoms with Gasteiger partial charge in [0.2, 0.25) is 0 Å². The van der Waals surface area contributed by atoms with Crippen molar-refractivity contribution in [1.29, 1.82) is 0 Å². The van der Waals surface area contributed by atoms with Crippen LogP contribution >= 0.6 is 33.9 Å². The van der Waals surface area contributed by atoms with Crippen molar-refractivity contribution in [3.8, 4) is 11.1 Å². The zero-order chi connectivity index (χ0) is 20.1. The average Bonchev–Trinajstić information content (AvgIpc) is 3.12. The summed E-state index contributed by atoms with van der Waals surface area (Å²) in [6, 6.07) is 15.4. The second-order valence-electron chi connectivity index (χ2n) is 6.06. The maximum atomic E-state index is 12.7. The van der Waals surface area contributed by atoms with Crippen molar-refractivity contribution in [1.82, 2.24) is 0 Å². The number of anilines is 1. The Morgan fingerprint density at radius 2 is 1.79 bits per heavy atom. The number of nitrogens with one attached hydrogen (secondary N) is 1. The number of carbonyl (C=O) groups excluding carboxylic acids is 2. The van der Waals surface area contributed by atoms with Crippen LogP contribution in [-0.2, 0) is 11.2 Å².